The molecule has 2 heterocycles. The van der Waals surface area contributed by atoms with Gasteiger partial charge >= 0.3 is 0 Å². The van der Waals surface area contributed by atoms with Gasteiger partial charge in [-0.15, -0.1) is 0 Å². The Hall–Kier alpha value is -3.34. The van der Waals surface area contributed by atoms with Gasteiger partial charge in [-0.1, -0.05) is 17.7 Å². The summed E-state index contributed by atoms with van der Waals surface area (Å²) in [7, 11) is 1.58. The van der Waals surface area contributed by atoms with Gasteiger partial charge in [0.05, 0.1) is 40.5 Å². The van der Waals surface area contributed by atoms with Crippen LogP contribution in [-0.4, -0.2) is 60.0 Å². The molecular weight excluding hydrogens is 450 g/mol. The highest BCUT2D eigenvalue weighted by atomic mass is 35.5. The topological polar surface area (TPSA) is 81.5 Å². The monoisotopic (exact) mass is 477 g/mol. The van der Waals surface area contributed by atoms with Gasteiger partial charge in [-0.25, -0.2) is 0 Å². The van der Waals surface area contributed by atoms with Gasteiger partial charge in [0.15, 0.2) is 0 Å². The maximum absolute atomic E-state index is 13.6. The van der Waals surface area contributed by atoms with Crippen molar-refractivity contribution in [2.45, 2.75) is 26.4 Å². The molecule has 34 heavy (non-hydrogen) atoms. The summed E-state index contributed by atoms with van der Waals surface area (Å²) in [5.41, 5.74) is 3.34. The van der Waals surface area contributed by atoms with Crippen LogP contribution in [0.1, 0.15) is 35.3 Å². The number of benzene rings is 2. The number of carbonyl (C=O) groups is 1. The number of hydrogen-bond acceptors (Lipinski definition) is 6. The van der Waals surface area contributed by atoms with E-state index in [1.807, 2.05) is 23.1 Å². The average Bonchev–Trinajstić information content (AvgIpc) is 2.86. The second-order valence-corrected chi connectivity index (χ2v) is 9.04. The number of fused-ring (bicyclic) bond motifs is 1. The molecule has 1 saturated heterocycles. The van der Waals surface area contributed by atoms with Crippen LogP contribution in [0, 0.1) is 11.3 Å². The minimum absolute atomic E-state index is 0.0598. The van der Waals surface area contributed by atoms with E-state index in [0.29, 0.717) is 53.3 Å². The van der Waals surface area contributed by atoms with Crippen molar-refractivity contribution in [3.05, 3.63) is 64.3 Å². The van der Waals surface area contributed by atoms with Gasteiger partial charge in [-0.2, -0.15) is 5.26 Å². The van der Waals surface area contributed by atoms with Gasteiger partial charge < -0.3 is 15.0 Å². The molecule has 176 valence electrons. The molecular formula is C26H28ClN5O2. The molecule has 1 amide bonds. The fourth-order valence-electron chi connectivity index (χ4n) is 4.24. The van der Waals surface area contributed by atoms with Crippen molar-refractivity contribution in [3.63, 3.8) is 0 Å². The molecule has 0 bridgehead atoms. The summed E-state index contributed by atoms with van der Waals surface area (Å²) < 4.78 is 5.24. The Balaban J connectivity index is 1.67. The zero-order chi connectivity index (χ0) is 24.2. The van der Waals surface area contributed by atoms with Gasteiger partial charge in [0.25, 0.3) is 5.91 Å². The normalized spacial score (nSPS) is 14.3. The SMILES string of the molecule is COc1ccc(CNc2c(C(=O)N3CCN(C(C)C)CC3)cnc3ccc(C#N)cc23)cc1Cl. The van der Waals surface area contributed by atoms with Crippen molar-refractivity contribution in [2.24, 2.45) is 0 Å². The van der Waals surface area contributed by atoms with Crippen LogP contribution in [0.3, 0.4) is 0 Å². The molecule has 3 aromatic rings. The molecule has 2 aromatic carbocycles. The first-order chi connectivity index (χ1) is 16.4. The summed E-state index contributed by atoms with van der Waals surface area (Å²) in [6.45, 7) is 7.81. The molecule has 8 heteroatoms. The first-order valence-electron chi connectivity index (χ1n) is 11.3. The second-order valence-electron chi connectivity index (χ2n) is 8.63. The number of hydrogen-bond donors (Lipinski definition) is 1. The molecule has 4 rings (SSSR count). The summed E-state index contributed by atoms with van der Waals surface area (Å²) in [4.78, 5) is 22.3. The highest BCUT2D eigenvalue weighted by molar-refractivity contribution is 6.32. The van der Waals surface area contributed by atoms with Crippen LogP contribution in [0.4, 0.5) is 5.69 Å². The van der Waals surface area contributed by atoms with Crippen molar-refractivity contribution in [2.75, 3.05) is 38.6 Å². The largest absolute Gasteiger partial charge is 0.495 e. The van der Waals surface area contributed by atoms with Crippen LogP contribution in [-0.2, 0) is 6.54 Å². The van der Waals surface area contributed by atoms with Gasteiger partial charge in [0.2, 0.25) is 0 Å². The van der Waals surface area contributed by atoms with Crippen molar-refractivity contribution in [3.8, 4) is 11.8 Å². The number of aromatic nitrogens is 1. The van der Waals surface area contributed by atoms with E-state index in [0.717, 1.165) is 29.6 Å². The molecule has 0 aliphatic carbocycles. The van der Waals surface area contributed by atoms with Gasteiger partial charge in [-0.3, -0.25) is 14.7 Å². The Bertz CT molecular complexity index is 1250. The third kappa shape index (κ3) is 4.93. The molecule has 0 spiro atoms. The van der Waals surface area contributed by atoms with E-state index in [4.69, 9.17) is 16.3 Å². The summed E-state index contributed by atoms with van der Waals surface area (Å²) in [6.07, 6.45) is 1.63. The van der Waals surface area contributed by atoms with Crippen LogP contribution in [0.2, 0.25) is 5.02 Å². The molecule has 0 saturated carbocycles. The van der Waals surface area contributed by atoms with E-state index in [1.165, 1.54) is 0 Å². The van der Waals surface area contributed by atoms with E-state index in [-0.39, 0.29) is 5.91 Å². The summed E-state index contributed by atoms with van der Waals surface area (Å²) in [6, 6.07) is 13.5. The Morgan fingerprint density at radius 3 is 2.62 bits per heavy atom. The number of ether oxygens (including phenoxy) is 1. The fraction of sp³-hybridized carbons (Fsp3) is 0.346. The number of amides is 1. The van der Waals surface area contributed by atoms with Crippen LogP contribution >= 0.6 is 11.6 Å². The summed E-state index contributed by atoms with van der Waals surface area (Å²) >= 11 is 6.30. The highest BCUT2D eigenvalue weighted by Crippen LogP contribution is 2.30. The highest BCUT2D eigenvalue weighted by Gasteiger charge is 2.26. The zero-order valence-corrected chi connectivity index (χ0v) is 20.4. The van der Waals surface area contributed by atoms with E-state index >= 15 is 0 Å². The molecule has 0 unspecified atom stereocenters. The van der Waals surface area contributed by atoms with E-state index < -0.39 is 0 Å². The van der Waals surface area contributed by atoms with Gasteiger partial charge in [-0.05, 0) is 49.7 Å². The first kappa shape index (κ1) is 23.8. The Morgan fingerprint density at radius 1 is 1.21 bits per heavy atom. The van der Waals surface area contributed by atoms with Crippen molar-refractivity contribution >= 4 is 34.1 Å². The second kappa shape index (κ2) is 10.3. The minimum atomic E-state index is -0.0598. The number of methoxy groups -OCH3 is 1. The standard InChI is InChI=1S/C26H28ClN5O2/c1-17(2)31-8-10-32(11-9-31)26(33)21-16-29-23-6-4-18(14-28)12-20(23)25(21)30-15-19-5-7-24(34-3)22(27)13-19/h4-7,12-13,16-17H,8-11,15H2,1-3H3,(H,29,30). The maximum Gasteiger partial charge on any atom is 0.257 e. The van der Waals surface area contributed by atoms with Crippen molar-refractivity contribution in [1.82, 2.24) is 14.8 Å². The van der Waals surface area contributed by atoms with Crippen LogP contribution in [0.15, 0.2) is 42.6 Å². The molecule has 1 N–H and O–H groups in total. The number of pyridine rings is 1. The number of nitriles is 1. The fourth-order valence-corrected chi connectivity index (χ4v) is 4.52. The number of carbonyl (C=O) groups excluding carboxylic acids is 1. The molecule has 0 radical (unpaired) electrons. The van der Waals surface area contributed by atoms with E-state index in [1.54, 1.807) is 31.5 Å². The molecule has 1 aliphatic heterocycles. The molecule has 1 aromatic heterocycles. The average molecular weight is 478 g/mol. The third-order valence-corrected chi connectivity index (χ3v) is 6.54. The number of nitrogens with zero attached hydrogens (tertiary/aromatic N) is 4. The third-order valence-electron chi connectivity index (χ3n) is 6.24. The first-order valence-corrected chi connectivity index (χ1v) is 11.7. The molecule has 0 atom stereocenters. The Kier molecular flexibility index (Phi) is 7.20. The number of rotatable bonds is 6. The lowest BCUT2D eigenvalue weighted by molar-refractivity contribution is 0.0596. The van der Waals surface area contributed by atoms with Crippen molar-refractivity contribution in [1.29, 1.82) is 5.26 Å². The Labute approximate surface area is 204 Å². The number of nitrogens with one attached hydrogen (secondary N) is 1. The van der Waals surface area contributed by atoms with Crippen LogP contribution in [0.5, 0.6) is 5.75 Å². The van der Waals surface area contributed by atoms with Crippen LogP contribution in [0.25, 0.3) is 10.9 Å². The maximum atomic E-state index is 13.6. The summed E-state index contributed by atoms with van der Waals surface area (Å²) in [5.74, 6) is 0.547. The van der Waals surface area contributed by atoms with Gasteiger partial charge in [0.1, 0.15) is 5.75 Å². The number of anilines is 1. The number of halogens is 1. The summed E-state index contributed by atoms with van der Waals surface area (Å²) in [5, 5.41) is 14.1. The van der Waals surface area contributed by atoms with Crippen LogP contribution < -0.4 is 10.1 Å². The van der Waals surface area contributed by atoms with Crippen molar-refractivity contribution < 1.29 is 9.53 Å². The lowest BCUT2D eigenvalue weighted by Gasteiger charge is -2.37. The minimum Gasteiger partial charge on any atom is -0.495 e. The zero-order valence-electron chi connectivity index (χ0n) is 19.6. The van der Waals surface area contributed by atoms with E-state index in [9.17, 15) is 10.1 Å². The van der Waals surface area contributed by atoms with Gasteiger partial charge in [0, 0.05) is 50.3 Å². The lowest BCUT2D eigenvalue weighted by Crippen LogP contribution is -2.50. The predicted octanol–water partition coefficient (Wildman–Crippen LogP) is 4.55. The molecule has 1 fully saturated rings. The number of piperazine rings is 1. The quantitative estimate of drug-likeness (QED) is 0.561. The predicted molar refractivity (Wildman–Crippen MR) is 134 cm³/mol. The molecule has 1 aliphatic rings. The molecule has 7 nitrogen and oxygen atoms in total. The lowest BCUT2D eigenvalue weighted by atomic mass is 10.0. The smallest absolute Gasteiger partial charge is 0.257 e. The Morgan fingerprint density at radius 2 is 1.97 bits per heavy atom. The van der Waals surface area contributed by atoms with E-state index in [2.05, 4.69) is 35.1 Å².